The van der Waals surface area contributed by atoms with Crippen LogP contribution in [0.5, 0.6) is 28.7 Å². The van der Waals surface area contributed by atoms with E-state index in [0.717, 1.165) is 0 Å². The van der Waals surface area contributed by atoms with E-state index in [1.54, 1.807) is 43.5 Å². The molecule has 0 amide bonds. The van der Waals surface area contributed by atoms with Gasteiger partial charge in [0.1, 0.15) is 23.3 Å². The summed E-state index contributed by atoms with van der Waals surface area (Å²) in [4.78, 5) is 26.2. The lowest BCUT2D eigenvalue weighted by Gasteiger charge is -2.16. The molecule has 192 valence electrons. The van der Waals surface area contributed by atoms with Gasteiger partial charge in [-0.2, -0.15) is 0 Å². The molecular weight excluding hydrogens is 476 g/mol. The number of ether oxygens (including phenoxy) is 5. The van der Waals surface area contributed by atoms with Gasteiger partial charge in [0, 0.05) is 11.6 Å². The number of carbonyl (C=O) groups is 1. The summed E-state index contributed by atoms with van der Waals surface area (Å²) in [7, 11) is 1.54. The molecule has 1 aromatic heterocycles. The maximum Gasteiger partial charge on any atom is 0.343 e. The van der Waals surface area contributed by atoms with Crippen molar-refractivity contribution in [1.29, 1.82) is 0 Å². The van der Waals surface area contributed by atoms with Crippen LogP contribution in [0.1, 0.15) is 31.1 Å². The molecule has 4 rings (SSSR count). The van der Waals surface area contributed by atoms with Gasteiger partial charge in [-0.3, -0.25) is 4.79 Å². The van der Waals surface area contributed by atoms with Crippen LogP contribution in [-0.2, 0) is 0 Å². The van der Waals surface area contributed by atoms with Crippen LogP contribution < -0.4 is 29.1 Å². The zero-order valence-electron chi connectivity index (χ0n) is 21.2. The average Bonchev–Trinajstić information content (AvgIpc) is 2.91. The van der Waals surface area contributed by atoms with E-state index in [0.29, 0.717) is 59.3 Å². The molecule has 0 atom stereocenters. The molecule has 3 aromatic carbocycles. The molecule has 8 nitrogen and oxygen atoms in total. The number of esters is 1. The number of para-hydroxylation sites is 1. The lowest BCUT2D eigenvalue weighted by atomic mass is 10.0. The van der Waals surface area contributed by atoms with Crippen molar-refractivity contribution in [2.75, 3.05) is 26.9 Å². The van der Waals surface area contributed by atoms with Crippen LogP contribution in [0, 0.1) is 0 Å². The van der Waals surface area contributed by atoms with Crippen LogP contribution in [0.2, 0.25) is 0 Å². The maximum absolute atomic E-state index is 13.2. The summed E-state index contributed by atoms with van der Waals surface area (Å²) in [5.74, 6) is 1.35. The largest absolute Gasteiger partial charge is 0.496 e. The summed E-state index contributed by atoms with van der Waals surface area (Å²) >= 11 is 0. The fourth-order valence-electron chi connectivity index (χ4n) is 3.90. The molecule has 0 aliphatic carbocycles. The highest BCUT2D eigenvalue weighted by Gasteiger charge is 2.20. The van der Waals surface area contributed by atoms with Crippen molar-refractivity contribution in [3.8, 4) is 39.9 Å². The average molecular weight is 505 g/mol. The first-order valence-corrected chi connectivity index (χ1v) is 12.0. The van der Waals surface area contributed by atoms with Crippen molar-refractivity contribution in [2.45, 2.75) is 20.8 Å². The third-order valence-electron chi connectivity index (χ3n) is 5.50. The van der Waals surface area contributed by atoms with Gasteiger partial charge in [-0.1, -0.05) is 18.2 Å². The summed E-state index contributed by atoms with van der Waals surface area (Å²) < 4.78 is 33.8. The van der Waals surface area contributed by atoms with E-state index >= 15 is 0 Å². The quantitative estimate of drug-likeness (QED) is 0.195. The monoisotopic (exact) mass is 504 g/mol. The van der Waals surface area contributed by atoms with Gasteiger partial charge in [0.15, 0.2) is 11.5 Å². The Balaban J connectivity index is 1.66. The van der Waals surface area contributed by atoms with Gasteiger partial charge in [-0.15, -0.1) is 0 Å². The van der Waals surface area contributed by atoms with Crippen LogP contribution in [0.25, 0.3) is 22.1 Å². The number of rotatable bonds is 10. The second-order valence-electron chi connectivity index (χ2n) is 7.83. The first-order valence-electron chi connectivity index (χ1n) is 12.0. The van der Waals surface area contributed by atoms with Crippen molar-refractivity contribution >= 4 is 16.9 Å². The second-order valence-corrected chi connectivity index (χ2v) is 7.83. The molecule has 37 heavy (non-hydrogen) atoms. The summed E-state index contributed by atoms with van der Waals surface area (Å²) in [5.41, 5.74) is 1.28. The number of carbonyl (C=O) groups excluding carboxylic acids is 1. The van der Waals surface area contributed by atoms with Crippen molar-refractivity contribution < 1.29 is 32.9 Å². The minimum absolute atomic E-state index is 0.218. The minimum Gasteiger partial charge on any atom is -0.496 e. The van der Waals surface area contributed by atoms with Crippen LogP contribution in [0.4, 0.5) is 0 Å². The number of benzene rings is 3. The lowest BCUT2D eigenvalue weighted by Crippen LogP contribution is -2.11. The van der Waals surface area contributed by atoms with Gasteiger partial charge in [-0.25, -0.2) is 4.79 Å². The van der Waals surface area contributed by atoms with Gasteiger partial charge in [0.25, 0.3) is 0 Å². The Morgan fingerprint density at radius 1 is 0.811 bits per heavy atom. The smallest absolute Gasteiger partial charge is 0.343 e. The highest BCUT2D eigenvalue weighted by atomic mass is 16.5. The Kier molecular flexibility index (Phi) is 7.98. The molecule has 0 radical (unpaired) electrons. The van der Waals surface area contributed by atoms with Crippen LogP contribution in [-0.4, -0.2) is 32.9 Å². The van der Waals surface area contributed by atoms with E-state index in [1.807, 2.05) is 32.9 Å². The Morgan fingerprint density at radius 2 is 1.49 bits per heavy atom. The van der Waals surface area contributed by atoms with Gasteiger partial charge >= 0.3 is 5.97 Å². The summed E-state index contributed by atoms with van der Waals surface area (Å²) in [6.07, 6.45) is 1.38. The summed E-state index contributed by atoms with van der Waals surface area (Å²) in [5, 5.41) is 0.349. The number of hydrogen-bond acceptors (Lipinski definition) is 8. The number of methoxy groups -OCH3 is 1. The van der Waals surface area contributed by atoms with E-state index < -0.39 is 5.97 Å². The number of hydrogen-bond donors (Lipinski definition) is 0. The molecule has 0 saturated carbocycles. The lowest BCUT2D eigenvalue weighted by molar-refractivity contribution is 0.0733. The Labute approximate surface area is 214 Å². The van der Waals surface area contributed by atoms with E-state index in [-0.39, 0.29) is 22.3 Å². The van der Waals surface area contributed by atoms with Gasteiger partial charge in [0.05, 0.1) is 43.4 Å². The minimum atomic E-state index is -0.628. The van der Waals surface area contributed by atoms with Crippen LogP contribution in [0.15, 0.2) is 70.1 Å². The highest BCUT2D eigenvalue weighted by molar-refractivity contribution is 5.93. The Bertz CT molecular complexity index is 1440. The third kappa shape index (κ3) is 5.38. The highest BCUT2D eigenvalue weighted by Crippen LogP contribution is 2.39. The molecule has 4 aromatic rings. The Hall–Kier alpha value is -4.46. The second kappa shape index (κ2) is 11.5. The molecule has 0 bridgehead atoms. The van der Waals surface area contributed by atoms with Gasteiger partial charge < -0.3 is 28.1 Å². The number of fused-ring (bicyclic) bond motifs is 1. The molecule has 1 heterocycles. The Morgan fingerprint density at radius 3 is 2.14 bits per heavy atom. The first-order chi connectivity index (χ1) is 18.0. The van der Waals surface area contributed by atoms with E-state index in [9.17, 15) is 9.59 Å². The van der Waals surface area contributed by atoms with Crippen LogP contribution >= 0.6 is 0 Å². The van der Waals surface area contributed by atoms with E-state index in [1.165, 1.54) is 12.3 Å². The van der Waals surface area contributed by atoms with Crippen molar-refractivity contribution in [1.82, 2.24) is 0 Å². The topological polar surface area (TPSA) is 93.4 Å². The molecule has 0 aliphatic heterocycles. The van der Waals surface area contributed by atoms with Gasteiger partial charge in [0.2, 0.25) is 11.2 Å². The molecule has 0 spiro atoms. The summed E-state index contributed by atoms with van der Waals surface area (Å²) in [6.45, 7) is 6.69. The molecule has 0 aliphatic rings. The molecule has 0 unspecified atom stereocenters. The molecule has 0 saturated heterocycles. The van der Waals surface area contributed by atoms with Crippen LogP contribution in [0.3, 0.4) is 0 Å². The molecular formula is C29H28O8. The first kappa shape index (κ1) is 25.6. The summed E-state index contributed by atoms with van der Waals surface area (Å²) in [6, 6.07) is 14.9. The van der Waals surface area contributed by atoms with Crippen molar-refractivity contribution in [3.05, 3.63) is 76.6 Å². The molecule has 0 fully saturated rings. The fraction of sp³-hybridized carbons (Fsp3) is 0.241. The zero-order chi connectivity index (χ0) is 26.4. The predicted octanol–water partition coefficient (Wildman–Crippen LogP) is 5.88. The fourth-order valence-corrected chi connectivity index (χ4v) is 3.90. The third-order valence-corrected chi connectivity index (χ3v) is 5.50. The van der Waals surface area contributed by atoms with Crippen molar-refractivity contribution in [3.63, 3.8) is 0 Å². The van der Waals surface area contributed by atoms with E-state index in [4.69, 9.17) is 28.1 Å². The normalized spacial score (nSPS) is 10.7. The zero-order valence-corrected chi connectivity index (χ0v) is 21.2. The standard InChI is InChI=1S/C29H28O8/c1-5-33-25-14-18(15-26(34-6-2)28(25)35-7-3)29(31)37-19-12-13-21-24(16-19)36-17-22(27(21)30)20-10-8-9-11-23(20)32-4/h8-17H,5-7H2,1-4H3. The van der Waals surface area contributed by atoms with Gasteiger partial charge in [-0.05, 0) is 51.1 Å². The molecule has 0 N–H and O–H groups in total. The predicted molar refractivity (Wildman–Crippen MR) is 139 cm³/mol. The molecule has 8 heteroatoms. The maximum atomic E-state index is 13.2. The van der Waals surface area contributed by atoms with E-state index in [2.05, 4.69) is 0 Å². The SMILES string of the molecule is CCOc1cc(C(=O)Oc2ccc3c(=O)c(-c4ccccc4OC)coc3c2)cc(OCC)c1OCC. The van der Waals surface area contributed by atoms with Crippen molar-refractivity contribution in [2.24, 2.45) is 0 Å².